The van der Waals surface area contributed by atoms with Crippen molar-refractivity contribution in [1.29, 1.82) is 5.26 Å². The van der Waals surface area contributed by atoms with Gasteiger partial charge < -0.3 is 5.32 Å². The van der Waals surface area contributed by atoms with Crippen molar-refractivity contribution in [2.75, 3.05) is 7.05 Å². The van der Waals surface area contributed by atoms with Crippen molar-refractivity contribution < 1.29 is 0 Å². The van der Waals surface area contributed by atoms with Crippen LogP contribution in [-0.4, -0.2) is 16.8 Å². The van der Waals surface area contributed by atoms with Gasteiger partial charge in [0, 0.05) is 17.3 Å². The summed E-state index contributed by atoms with van der Waals surface area (Å²) in [7, 11) is 2.01. The van der Waals surface area contributed by atoms with Gasteiger partial charge in [-0.2, -0.15) is 10.4 Å². The second-order valence-electron chi connectivity index (χ2n) is 5.21. The van der Waals surface area contributed by atoms with Crippen LogP contribution in [0.1, 0.15) is 42.1 Å². The van der Waals surface area contributed by atoms with Crippen LogP contribution in [-0.2, 0) is 6.42 Å². The Hall–Kier alpha value is -2.12. The summed E-state index contributed by atoms with van der Waals surface area (Å²) in [5.74, 6) is 0. The van der Waals surface area contributed by atoms with Crippen LogP contribution in [0.25, 0.3) is 5.69 Å². The molecule has 102 valence electrons. The molecule has 0 spiro atoms. The molecule has 1 aromatic carbocycles. The zero-order chi connectivity index (χ0) is 13.9. The van der Waals surface area contributed by atoms with Gasteiger partial charge in [0.05, 0.1) is 23.5 Å². The first-order valence-electron chi connectivity index (χ1n) is 7.08. The topological polar surface area (TPSA) is 53.6 Å². The largest absolute Gasteiger partial charge is 0.313 e. The average Bonchev–Trinajstić information content (AvgIpc) is 2.81. The molecule has 4 nitrogen and oxygen atoms in total. The SMILES string of the molecule is CNC1CCCCc2c1cnn2-c1cccc(C#N)c1. The summed E-state index contributed by atoms with van der Waals surface area (Å²) in [6, 6.07) is 10.2. The van der Waals surface area contributed by atoms with E-state index in [4.69, 9.17) is 5.26 Å². The van der Waals surface area contributed by atoms with Gasteiger partial charge in [-0.05, 0) is 44.5 Å². The van der Waals surface area contributed by atoms with Crippen LogP contribution in [0.5, 0.6) is 0 Å². The van der Waals surface area contributed by atoms with Crippen LogP contribution in [0.3, 0.4) is 0 Å². The standard InChI is InChI=1S/C16H18N4/c1-18-15-7-2-3-8-16-14(15)11-19-20(16)13-6-4-5-12(9-13)10-17/h4-6,9,11,15,18H,2-3,7-8H2,1H3. The van der Waals surface area contributed by atoms with Gasteiger partial charge in [0.1, 0.15) is 0 Å². The van der Waals surface area contributed by atoms with Crippen LogP contribution in [0.4, 0.5) is 0 Å². The lowest BCUT2D eigenvalue weighted by Crippen LogP contribution is -2.16. The summed E-state index contributed by atoms with van der Waals surface area (Å²) >= 11 is 0. The highest BCUT2D eigenvalue weighted by Crippen LogP contribution is 2.29. The molecule has 0 radical (unpaired) electrons. The van der Waals surface area contributed by atoms with Gasteiger partial charge >= 0.3 is 0 Å². The number of aromatic nitrogens is 2. The van der Waals surface area contributed by atoms with Crippen LogP contribution in [0.15, 0.2) is 30.5 Å². The van der Waals surface area contributed by atoms with Crippen molar-refractivity contribution in [3.8, 4) is 11.8 Å². The molecule has 0 saturated heterocycles. The summed E-state index contributed by atoms with van der Waals surface area (Å²) in [6.45, 7) is 0. The summed E-state index contributed by atoms with van der Waals surface area (Å²) < 4.78 is 1.99. The van der Waals surface area contributed by atoms with Gasteiger partial charge in [0.2, 0.25) is 0 Å². The van der Waals surface area contributed by atoms with Gasteiger partial charge in [-0.3, -0.25) is 0 Å². The molecule has 0 saturated carbocycles. The smallest absolute Gasteiger partial charge is 0.0992 e. The minimum absolute atomic E-state index is 0.389. The number of rotatable bonds is 2. The van der Waals surface area contributed by atoms with E-state index in [0.29, 0.717) is 11.6 Å². The maximum absolute atomic E-state index is 9.03. The van der Waals surface area contributed by atoms with E-state index in [9.17, 15) is 0 Å². The Morgan fingerprint density at radius 1 is 1.40 bits per heavy atom. The first kappa shape index (κ1) is 12.9. The van der Waals surface area contributed by atoms with E-state index in [2.05, 4.69) is 16.5 Å². The summed E-state index contributed by atoms with van der Waals surface area (Å²) in [5.41, 5.74) is 4.22. The molecule has 1 unspecified atom stereocenters. The average molecular weight is 266 g/mol. The fraction of sp³-hybridized carbons (Fsp3) is 0.375. The van der Waals surface area contributed by atoms with E-state index in [1.165, 1.54) is 24.1 Å². The molecule has 1 aliphatic carbocycles. The van der Waals surface area contributed by atoms with Gasteiger partial charge in [-0.15, -0.1) is 0 Å². The number of hydrogen-bond acceptors (Lipinski definition) is 3. The molecular formula is C16H18N4. The monoisotopic (exact) mass is 266 g/mol. The third-order valence-corrected chi connectivity index (χ3v) is 4.00. The van der Waals surface area contributed by atoms with E-state index in [1.54, 1.807) is 0 Å². The summed E-state index contributed by atoms with van der Waals surface area (Å²) in [6.07, 6.45) is 6.60. The van der Waals surface area contributed by atoms with Crippen LogP contribution in [0.2, 0.25) is 0 Å². The predicted octanol–water partition coefficient (Wildman–Crippen LogP) is 2.73. The highest BCUT2D eigenvalue weighted by atomic mass is 15.3. The van der Waals surface area contributed by atoms with E-state index in [-0.39, 0.29) is 0 Å². The third-order valence-electron chi connectivity index (χ3n) is 4.00. The molecule has 3 rings (SSSR count). The van der Waals surface area contributed by atoms with Crippen molar-refractivity contribution in [2.24, 2.45) is 0 Å². The Balaban J connectivity index is 2.07. The third kappa shape index (κ3) is 2.21. The Morgan fingerprint density at radius 3 is 3.10 bits per heavy atom. The van der Waals surface area contributed by atoms with Crippen LogP contribution in [0, 0.1) is 11.3 Å². The number of fused-ring (bicyclic) bond motifs is 1. The maximum Gasteiger partial charge on any atom is 0.0992 e. The number of benzene rings is 1. The van der Waals surface area contributed by atoms with Crippen molar-refractivity contribution in [3.63, 3.8) is 0 Å². The lowest BCUT2D eigenvalue weighted by molar-refractivity contribution is 0.533. The fourth-order valence-corrected chi connectivity index (χ4v) is 2.95. The second-order valence-corrected chi connectivity index (χ2v) is 5.21. The van der Waals surface area contributed by atoms with Crippen molar-refractivity contribution in [3.05, 3.63) is 47.3 Å². The van der Waals surface area contributed by atoms with Gasteiger partial charge in [-0.1, -0.05) is 12.5 Å². The van der Waals surface area contributed by atoms with E-state index in [1.807, 2.05) is 42.2 Å². The highest BCUT2D eigenvalue weighted by molar-refractivity contribution is 5.43. The normalized spacial score (nSPS) is 18.1. The fourth-order valence-electron chi connectivity index (χ4n) is 2.95. The predicted molar refractivity (Wildman–Crippen MR) is 77.6 cm³/mol. The Bertz CT molecular complexity index is 651. The Kier molecular flexibility index (Phi) is 3.53. The highest BCUT2D eigenvalue weighted by Gasteiger charge is 2.21. The first-order chi connectivity index (χ1) is 9.83. The Morgan fingerprint density at radius 2 is 2.30 bits per heavy atom. The molecule has 0 fully saturated rings. The molecule has 0 amide bonds. The minimum Gasteiger partial charge on any atom is -0.313 e. The zero-order valence-corrected chi connectivity index (χ0v) is 11.6. The summed E-state index contributed by atoms with van der Waals surface area (Å²) in [4.78, 5) is 0. The van der Waals surface area contributed by atoms with Crippen molar-refractivity contribution in [2.45, 2.75) is 31.7 Å². The molecule has 1 heterocycles. The number of nitrogens with one attached hydrogen (secondary N) is 1. The molecule has 0 bridgehead atoms. The van der Waals surface area contributed by atoms with E-state index < -0.39 is 0 Å². The van der Waals surface area contributed by atoms with Crippen molar-refractivity contribution >= 4 is 0 Å². The molecule has 20 heavy (non-hydrogen) atoms. The van der Waals surface area contributed by atoms with Crippen LogP contribution >= 0.6 is 0 Å². The number of hydrogen-bond donors (Lipinski definition) is 1. The Labute approximate surface area is 119 Å². The lowest BCUT2D eigenvalue weighted by atomic mass is 10.1. The molecule has 2 aromatic rings. The summed E-state index contributed by atoms with van der Waals surface area (Å²) in [5, 5.41) is 17.0. The first-order valence-corrected chi connectivity index (χ1v) is 7.08. The second kappa shape index (κ2) is 5.48. The molecular weight excluding hydrogens is 248 g/mol. The molecule has 1 N–H and O–H groups in total. The molecule has 4 heteroatoms. The van der Waals surface area contributed by atoms with Crippen molar-refractivity contribution in [1.82, 2.24) is 15.1 Å². The maximum atomic E-state index is 9.03. The minimum atomic E-state index is 0.389. The molecule has 0 aliphatic heterocycles. The molecule has 1 aliphatic rings. The van der Waals surface area contributed by atoms with E-state index >= 15 is 0 Å². The van der Waals surface area contributed by atoms with Crippen LogP contribution < -0.4 is 5.32 Å². The zero-order valence-electron chi connectivity index (χ0n) is 11.6. The van der Waals surface area contributed by atoms with Gasteiger partial charge in [0.15, 0.2) is 0 Å². The quantitative estimate of drug-likeness (QED) is 0.850. The van der Waals surface area contributed by atoms with Gasteiger partial charge in [-0.25, -0.2) is 4.68 Å². The molecule has 1 atom stereocenters. The van der Waals surface area contributed by atoms with Gasteiger partial charge in [0.25, 0.3) is 0 Å². The number of nitrogens with zero attached hydrogens (tertiary/aromatic N) is 3. The van der Waals surface area contributed by atoms with E-state index in [0.717, 1.165) is 18.5 Å². The number of nitriles is 1. The lowest BCUT2D eigenvalue weighted by Gasteiger charge is -2.13. The molecule has 1 aromatic heterocycles.